The lowest BCUT2D eigenvalue weighted by molar-refractivity contribution is 0.669. The Kier molecular flexibility index (Phi) is 2.52. The highest BCUT2D eigenvalue weighted by Gasteiger charge is 2.17. The molecule has 7 aromatic rings. The minimum absolute atomic E-state index is 0.937. The van der Waals surface area contributed by atoms with E-state index in [1.165, 1.54) is 48.7 Å². The Morgan fingerprint density at radius 3 is 2.21 bits per heavy atom. The highest BCUT2D eigenvalue weighted by atomic mass is 16.3. The Morgan fingerprint density at radius 2 is 1.29 bits per heavy atom. The average Bonchev–Trinajstić information content (AvgIpc) is 3.32. The molecule has 0 amide bonds. The van der Waals surface area contributed by atoms with Crippen LogP contribution in [-0.4, -0.2) is 4.40 Å². The normalized spacial score (nSPS) is 12.3. The van der Waals surface area contributed by atoms with Crippen molar-refractivity contribution in [2.75, 3.05) is 0 Å². The van der Waals surface area contributed by atoms with Gasteiger partial charge in [0.15, 0.2) is 0 Å². The number of nitrogens with zero attached hydrogens (tertiary/aromatic N) is 1. The molecule has 3 aromatic heterocycles. The van der Waals surface area contributed by atoms with Crippen LogP contribution >= 0.6 is 0 Å². The lowest BCUT2D eigenvalue weighted by atomic mass is 9.99. The van der Waals surface area contributed by atoms with E-state index < -0.39 is 0 Å². The second-order valence-corrected chi connectivity index (χ2v) is 7.41. The average molecular weight is 357 g/mol. The van der Waals surface area contributed by atoms with Crippen LogP contribution in [0.5, 0.6) is 0 Å². The van der Waals surface area contributed by atoms with Gasteiger partial charge >= 0.3 is 0 Å². The molecule has 0 unspecified atom stereocenters. The summed E-state index contributed by atoms with van der Waals surface area (Å²) in [6, 6.07) is 30.0. The van der Waals surface area contributed by atoms with E-state index in [2.05, 4.69) is 89.5 Å². The smallest absolute Gasteiger partial charge is 0.136 e. The summed E-state index contributed by atoms with van der Waals surface area (Å²) in [4.78, 5) is 0. The summed E-state index contributed by atoms with van der Waals surface area (Å²) in [5.74, 6) is 0. The predicted molar refractivity (Wildman–Crippen MR) is 117 cm³/mol. The van der Waals surface area contributed by atoms with E-state index in [1.807, 2.05) is 6.07 Å². The fraction of sp³-hybridized carbons (Fsp3) is 0. The molecule has 0 aliphatic rings. The molecule has 7 rings (SSSR count). The van der Waals surface area contributed by atoms with E-state index in [1.54, 1.807) is 0 Å². The lowest BCUT2D eigenvalue weighted by Gasteiger charge is -2.10. The molecule has 0 aliphatic heterocycles. The third-order valence-corrected chi connectivity index (χ3v) is 5.96. The van der Waals surface area contributed by atoms with Gasteiger partial charge in [-0.05, 0) is 29.7 Å². The first-order valence-corrected chi connectivity index (χ1v) is 9.55. The standard InChI is InChI=1S/C26H15NO/c1-2-8-17-16(7-1)15-27-21-11-5-3-9-18(21)19-13-14-23-24(25(19)26(17)27)20-10-4-6-12-22(20)28-23/h1-15H. The Morgan fingerprint density at radius 1 is 0.536 bits per heavy atom. The monoisotopic (exact) mass is 357 g/mol. The summed E-state index contributed by atoms with van der Waals surface area (Å²) in [5.41, 5.74) is 4.36. The number of fused-ring (bicyclic) bond motifs is 12. The van der Waals surface area contributed by atoms with Crippen LogP contribution in [0.25, 0.3) is 59.9 Å². The molecule has 0 bridgehead atoms. The summed E-state index contributed by atoms with van der Waals surface area (Å²) < 4.78 is 8.55. The molecule has 0 N–H and O–H groups in total. The molecule has 130 valence electrons. The zero-order valence-corrected chi connectivity index (χ0v) is 15.0. The van der Waals surface area contributed by atoms with Crippen molar-refractivity contribution in [3.8, 4) is 0 Å². The molecule has 0 aliphatic carbocycles. The maximum Gasteiger partial charge on any atom is 0.136 e. The molecule has 2 heteroatoms. The van der Waals surface area contributed by atoms with Crippen LogP contribution in [0.1, 0.15) is 0 Å². The SMILES string of the molecule is c1ccc2c(c1)cn1c3ccccc3c3ccc4oc5ccccc5c4c3c21. The Hall–Kier alpha value is -3.78. The van der Waals surface area contributed by atoms with Crippen LogP contribution in [0.4, 0.5) is 0 Å². The summed E-state index contributed by atoms with van der Waals surface area (Å²) in [5, 5.41) is 8.70. The molecule has 0 atom stereocenters. The van der Waals surface area contributed by atoms with Gasteiger partial charge in [0.25, 0.3) is 0 Å². The van der Waals surface area contributed by atoms with Gasteiger partial charge in [0, 0.05) is 38.5 Å². The summed E-state index contributed by atoms with van der Waals surface area (Å²) in [7, 11) is 0. The maximum atomic E-state index is 6.20. The van der Waals surface area contributed by atoms with Gasteiger partial charge in [-0.25, -0.2) is 0 Å². The zero-order valence-electron chi connectivity index (χ0n) is 15.0. The van der Waals surface area contributed by atoms with E-state index in [0.29, 0.717) is 0 Å². The highest BCUT2D eigenvalue weighted by Crippen LogP contribution is 2.42. The van der Waals surface area contributed by atoms with Crippen LogP contribution in [-0.2, 0) is 0 Å². The molecule has 3 heterocycles. The van der Waals surface area contributed by atoms with Gasteiger partial charge in [0.05, 0.1) is 11.0 Å². The number of hydrogen-bond acceptors (Lipinski definition) is 1. The van der Waals surface area contributed by atoms with E-state index in [0.717, 1.165) is 11.2 Å². The van der Waals surface area contributed by atoms with Gasteiger partial charge in [-0.3, -0.25) is 0 Å². The number of furan rings is 1. The molecule has 2 nitrogen and oxygen atoms in total. The third kappa shape index (κ3) is 1.64. The fourth-order valence-corrected chi connectivity index (χ4v) is 4.80. The van der Waals surface area contributed by atoms with E-state index in [9.17, 15) is 0 Å². The van der Waals surface area contributed by atoms with Gasteiger partial charge in [-0.2, -0.15) is 0 Å². The number of para-hydroxylation sites is 2. The van der Waals surface area contributed by atoms with Crippen LogP contribution in [0.3, 0.4) is 0 Å². The van der Waals surface area contributed by atoms with Crippen LogP contribution in [0.2, 0.25) is 0 Å². The fourth-order valence-electron chi connectivity index (χ4n) is 4.80. The summed E-state index contributed by atoms with van der Waals surface area (Å²) >= 11 is 0. The van der Waals surface area contributed by atoms with Crippen molar-refractivity contribution in [2.24, 2.45) is 0 Å². The van der Waals surface area contributed by atoms with E-state index >= 15 is 0 Å². The van der Waals surface area contributed by atoms with Crippen molar-refractivity contribution in [1.29, 1.82) is 0 Å². The van der Waals surface area contributed by atoms with Gasteiger partial charge in [-0.15, -0.1) is 0 Å². The molecule has 28 heavy (non-hydrogen) atoms. The zero-order chi connectivity index (χ0) is 18.2. The summed E-state index contributed by atoms with van der Waals surface area (Å²) in [6.45, 7) is 0. The highest BCUT2D eigenvalue weighted by molar-refractivity contribution is 6.31. The van der Waals surface area contributed by atoms with Gasteiger partial charge < -0.3 is 8.82 Å². The van der Waals surface area contributed by atoms with Crippen molar-refractivity contribution in [1.82, 2.24) is 4.40 Å². The number of pyridine rings is 1. The first-order valence-electron chi connectivity index (χ1n) is 9.55. The number of benzene rings is 4. The van der Waals surface area contributed by atoms with Crippen molar-refractivity contribution in [2.45, 2.75) is 0 Å². The maximum absolute atomic E-state index is 6.20. The molecular formula is C26H15NO. The Bertz CT molecular complexity index is 1720. The van der Waals surface area contributed by atoms with Gasteiger partial charge in [-0.1, -0.05) is 60.7 Å². The largest absolute Gasteiger partial charge is 0.456 e. The molecule has 0 saturated carbocycles. The van der Waals surface area contributed by atoms with Crippen LogP contribution in [0, 0.1) is 0 Å². The molecule has 0 spiro atoms. The van der Waals surface area contributed by atoms with Crippen molar-refractivity contribution >= 4 is 59.9 Å². The van der Waals surface area contributed by atoms with Crippen LogP contribution < -0.4 is 0 Å². The second kappa shape index (κ2) is 4.93. The molecular weight excluding hydrogens is 342 g/mol. The van der Waals surface area contributed by atoms with Crippen molar-refractivity contribution < 1.29 is 4.42 Å². The predicted octanol–water partition coefficient (Wildman–Crippen LogP) is 7.30. The van der Waals surface area contributed by atoms with Gasteiger partial charge in [0.2, 0.25) is 0 Å². The molecule has 4 aromatic carbocycles. The molecule has 0 radical (unpaired) electrons. The van der Waals surface area contributed by atoms with Gasteiger partial charge in [0.1, 0.15) is 11.2 Å². The lowest BCUT2D eigenvalue weighted by Crippen LogP contribution is -1.90. The minimum Gasteiger partial charge on any atom is -0.456 e. The van der Waals surface area contributed by atoms with Crippen molar-refractivity contribution in [3.63, 3.8) is 0 Å². The molecule has 0 fully saturated rings. The second-order valence-electron chi connectivity index (χ2n) is 7.41. The minimum atomic E-state index is 0.937. The first-order chi connectivity index (χ1) is 13.9. The number of rotatable bonds is 0. The Balaban J connectivity index is 1.94. The Labute approximate surface area is 160 Å². The first kappa shape index (κ1) is 14.3. The van der Waals surface area contributed by atoms with Crippen LogP contribution in [0.15, 0.2) is 95.5 Å². The summed E-state index contributed by atoms with van der Waals surface area (Å²) in [6.07, 6.45) is 2.26. The van der Waals surface area contributed by atoms with E-state index in [4.69, 9.17) is 4.42 Å². The number of aromatic nitrogens is 1. The third-order valence-electron chi connectivity index (χ3n) is 5.96. The molecule has 0 saturated heterocycles. The van der Waals surface area contributed by atoms with E-state index in [-0.39, 0.29) is 0 Å². The quantitative estimate of drug-likeness (QED) is 0.260. The topological polar surface area (TPSA) is 17.6 Å². The van der Waals surface area contributed by atoms with Crippen molar-refractivity contribution in [3.05, 3.63) is 91.1 Å². The number of hydrogen-bond donors (Lipinski definition) is 0.